The number of anilines is 1. The van der Waals surface area contributed by atoms with Crippen LogP contribution in [0.4, 0.5) is 5.69 Å². The van der Waals surface area contributed by atoms with Crippen LogP contribution < -0.4 is 10.5 Å². The van der Waals surface area contributed by atoms with E-state index >= 15 is 0 Å². The van der Waals surface area contributed by atoms with Gasteiger partial charge in [-0.25, -0.2) is 0 Å². The summed E-state index contributed by atoms with van der Waals surface area (Å²) >= 11 is 0. The summed E-state index contributed by atoms with van der Waals surface area (Å²) in [5.41, 5.74) is 2.97. The Morgan fingerprint density at radius 1 is 0.893 bits per heavy atom. The Labute approximate surface area is 163 Å². The second-order valence-corrected chi connectivity index (χ2v) is 7.45. The van der Waals surface area contributed by atoms with Crippen LogP contribution in [0.3, 0.4) is 0 Å². The number of nitrogens with zero attached hydrogens (tertiary/aromatic N) is 5. The van der Waals surface area contributed by atoms with E-state index in [0.29, 0.717) is 12.3 Å². The number of fused-ring (bicyclic) bond motifs is 3. The van der Waals surface area contributed by atoms with Gasteiger partial charge in [-0.15, -0.1) is 10.2 Å². The zero-order valence-corrected chi connectivity index (χ0v) is 15.8. The Hall–Kier alpha value is -3.15. The molecule has 3 heterocycles. The Bertz CT molecular complexity index is 1170. The molecular weight excluding hydrogens is 350 g/mol. The van der Waals surface area contributed by atoms with E-state index in [4.69, 9.17) is 0 Å². The first-order chi connectivity index (χ1) is 13.8. The third-order valence-electron chi connectivity index (χ3n) is 5.64. The molecule has 0 aliphatic carbocycles. The highest BCUT2D eigenvalue weighted by Crippen LogP contribution is 2.27. The minimum absolute atomic E-state index is 0.000741. The number of aromatic nitrogens is 4. The lowest BCUT2D eigenvalue weighted by molar-refractivity contribution is 0.726. The summed E-state index contributed by atoms with van der Waals surface area (Å²) < 4.78 is 3.67. The highest BCUT2D eigenvalue weighted by molar-refractivity contribution is 5.92. The molecular formula is C22H23N5O. The summed E-state index contributed by atoms with van der Waals surface area (Å²) in [6.45, 7) is 2.47. The summed E-state index contributed by atoms with van der Waals surface area (Å²) in [6.07, 6.45) is 6.56. The highest BCUT2D eigenvalue weighted by Gasteiger charge is 2.19. The Morgan fingerprint density at radius 3 is 2.46 bits per heavy atom. The molecule has 2 aromatic heterocycles. The maximum absolute atomic E-state index is 13.6. The van der Waals surface area contributed by atoms with Gasteiger partial charge < -0.3 is 4.90 Å². The molecule has 0 spiro atoms. The van der Waals surface area contributed by atoms with E-state index in [1.165, 1.54) is 25.7 Å². The van der Waals surface area contributed by atoms with Gasteiger partial charge in [0.05, 0.1) is 23.1 Å². The normalized spacial score (nSPS) is 15.2. The van der Waals surface area contributed by atoms with E-state index in [1.807, 2.05) is 46.9 Å². The van der Waals surface area contributed by atoms with Gasteiger partial charge in [0.2, 0.25) is 5.78 Å². The lowest BCUT2D eigenvalue weighted by atomic mass is 10.1. The van der Waals surface area contributed by atoms with Gasteiger partial charge in [-0.3, -0.25) is 13.8 Å². The number of hydrogen-bond acceptors (Lipinski definition) is 4. The molecule has 0 bridgehead atoms. The lowest BCUT2D eigenvalue weighted by Gasteiger charge is -2.24. The van der Waals surface area contributed by atoms with Crippen LogP contribution in [0.5, 0.6) is 0 Å². The van der Waals surface area contributed by atoms with Gasteiger partial charge in [0.25, 0.3) is 5.56 Å². The molecule has 6 heteroatoms. The summed E-state index contributed by atoms with van der Waals surface area (Å²) in [7, 11) is 0. The zero-order valence-electron chi connectivity index (χ0n) is 15.8. The van der Waals surface area contributed by atoms with E-state index in [1.54, 1.807) is 10.9 Å². The predicted octanol–water partition coefficient (Wildman–Crippen LogP) is 3.47. The summed E-state index contributed by atoms with van der Waals surface area (Å²) in [5.74, 6) is 0.578. The molecule has 6 nitrogen and oxygen atoms in total. The molecule has 1 aliphatic rings. The fourth-order valence-corrected chi connectivity index (χ4v) is 4.24. The molecule has 0 radical (unpaired) electrons. The number of rotatable bonds is 3. The molecule has 5 rings (SSSR count). The van der Waals surface area contributed by atoms with Crippen molar-refractivity contribution in [1.29, 1.82) is 0 Å². The first-order valence-corrected chi connectivity index (χ1v) is 9.97. The SMILES string of the molecule is O=c1c2c(N3CCCCCC3)cccc2n2cnnc2n1Cc1ccccc1. The van der Waals surface area contributed by atoms with Crippen molar-refractivity contribution in [3.63, 3.8) is 0 Å². The predicted molar refractivity (Wildman–Crippen MR) is 111 cm³/mol. The molecule has 2 aromatic carbocycles. The topological polar surface area (TPSA) is 55.4 Å². The number of benzene rings is 2. The van der Waals surface area contributed by atoms with Crippen molar-refractivity contribution in [2.24, 2.45) is 0 Å². The van der Waals surface area contributed by atoms with E-state index in [-0.39, 0.29) is 5.56 Å². The van der Waals surface area contributed by atoms with Gasteiger partial charge in [-0.1, -0.05) is 49.2 Å². The first kappa shape index (κ1) is 17.0. The summed E-state index contributed by atoms with van der Waals surface area (Å²) in [6, 6.07) is 16.1. The minimum Gasteiger partial charge on any atom is -0.371 e. The second kappa shape index (κ2) is 7.11. The van der Waals surface area contributed by atoms with Gasteiger partial charge >= 0.3 is 0 Å². The molecule has 4 aromatic rings. The van der Waals surface area contributed by atoms with Crippen LogP contribution in [0.2, 0.25) is 0 Å². The largest absolute Gasteiger partial charge is 0.371 e. The molecule has 1 saturated heterocycles. The lowest BCUT2D eigenvalue weighted by Crippen LogP contribution is -2.29. The number of hydrogen-bond donors (Lipinski definition) is 0. The maximum Gasteiger partial charge on any atom is 0.265 e. The Morgan fingerprint density at radius 2 is 1.68 bits per heavy atom. The molecule has 0 saturated carbocycles. The molecule has 142 valence electrons. The van der Waals surface area contributed by atoms with Gasteiger partial charge in [-0.2, -0.15) is 0 Å². The molecule has 0 amide bonds. The van der Waals surface area contributed by atoms with Gasteiger partial charge in [0.15, 0.2) is 0 Å². The highest BCUT2D eigenvalue weighted by atomic mass is 16.1. The average molecular weight is 373 g/mol. The molecule has 0 unspecified atom stereocenters. The van der Waals surface area contributed by atoms with Crippen LogP contribution in [-0.4, -0.2) is 32.3 Å². The summed E-state index contributed by atoms with van der Waals surface area (Å²) in [4.78, 5) is 16.0. The van der Waals surface area contributed by atoms with E-state index in [9.17, 15) is 4.79 Å². The fraction of sp³-hybridized carbons (Fsp3) is 0.318. The Kier molecular flexibility index (Phi) is 4.31. The van der Waals surface area contributed by atoms with Crippen LogP contribution in [0.15, 0.2) is 59.7 Å². The van der Waals surface area contributed by atoms with Crippen LogP contribution >= 0.6 is 0 Å². The summed E-state index contributed by atoms with van der Waals surface area (Å²) in [5, 5.41) is 9.09. The molecule has 1 fully saturated rings. The third-order valence-corrected chi connectivity index (χ3v) is 5.64. The standard InChI is InChI=1S/C22H23N5O/c28-21-20-18(25-13-6-1-2-7-14-25)11-8-12-19(20)27-16-23-24-22(27)26(21)15-17-9-4-3-5-10-17/h3-5,8-12,16H,1-2,6-7,13-15H2. The van der Waals surface area contributed by atoms with Crippen LogP contribution in [0.1, 0.15) is 31.2 Å². The fourth-order valence-electron chi connectivity index (χ4n) is 4.24. The smallest absolute Gasteiger partial charge is 0.265 e. The molecule has 0 N–H and O–H groups in total. The van der Waals surface area contributed by atoms with E-state index in [0.717, 1.165) is 35.2 Å². The molecule has 0 atom stereocenters. The molecule has 1 aliphatic heterocycles. The van der Waals surface area contributed by atoms with Crippen molar-refractivity contribution in [3.05, 3.63) is 70.8 Å². The first-order valence-electron chi connectivity index (χ1n) is 9.97. The van der Waals surface area contributed by atoms with Crippen molar-refractivity contribution < 1.29 is 0 Å². The second-order valence-electron chi connectivity index (χ2n) is 7.45. The molecule has 28 heavy (non-hydrogen) atoms. The van der Waals surface area contributed by atoms with Gasteiger partial charge in [0, 0.05) is 13.1 Å². The average Bonchev–Trinajstić information content (AvgIpc) is 3.06. The van der Waals surface area contributed by atoms with Gasteiger partial charge in [0.1, 0.15) is 6.33 Å². The Balaban J connectivity index is 1.75. The zero-order chi connectivity index (χ0) is 18.9. The quantitative estimate of drug-likeness (QED) is 0.552. The van der Waals surface area contributed by atoms with E-state index in [2.05, 4.69) is 21.2 Å². The van der Waals surface area contributed by atoms with Crippen LogP contribution in [0, 0.1) is 0 Å². The van der Waals surface area contributed by atoms with Crippen LogP contribution in [0.25, 0.3) is 16.7 Å². The van der Waals surface area contributed by atoms with Gasteiger partial charge in [-0.05, 0) is 30.5 Å². The van der Waals surface area contributed by atoms with E-state index < -0.39 is 0 Å². The van der Waals surface area contributed by atoms with Crippen molar-refractivity contribution >= 4 is 22.4 Å². The van der Waals surface area contributed by atoms with Crippen molar-refractivity contribution in [2.75, 3.05) is 18.0 Å². The maximum atomic E-state index is 13.6. The monoisotopic (exact) mass is 373 g/mol. The van der Waals surface area contributed by atoms with Crippen molar-refractivity contribution in [3.8, 4) is 0 Å². The van der Waals surface area contributed by atoms with Crippen molar-refractivity contribution in [1.82, 2.24) is 19.2 Å². The third kappa shape index (κ3) is 2.85. The van der Waals surface area contributed by atoms with Crippen molar-refractivity contribution in [2.45, 2.75) is 32.2 Å². The van der Waals surface area contributed by atoms with Crippen LogP contribution in [-0.2, 0) is 6.54 Å². The minimum atomic E-state index is -0.000741.